The van der Waals surface area contributed by atoms with Crippen LogP contribution in [0.3, 0.4) is 0 Å². The summed E-state index contributed by atoms with van der Waals surface area (Å²) in [6.45, 7) is 4.96. The third kappa shape index (κ3) is 3.12. The maximum Gasteiger partial charge on any atom is 0.399 e. The Morgan fingerprint density at radius 1 is 1.28 bits per heavy atom. The Kier molecular flexibility index (Phi) is 4.16. The first kappa shape index (κ1) is 14.3. The molecule has 0 fully saturated rings. The average molecular weight is 258 g/mol. The summed E-state index contributed by atoms with van der Waals surface area (Å²) in [6, 6.07) is 5.78. The van der Waals surface area contributed by atoms with Crippen molar-refractivity contribution in [2.75, 3.05) is 7.11 Å². The number of carbonyl (C=O) groups is 1. The third-order valence-electron chi connectivity index (χ3n) is 2.53. The van der Waals surface area contributed by atoms with Gasteiger partial charge < -0.3 is 4.74 Å². The summed E-state index contributed by atoms with van der Waals surface area (Å²) in [5, 5.41) is 0. The summed E-state index contributed by atoms with van der Waals surface area (Å²) >= 11 is 0. The number of alkyl halides is 3. The van der Waals surface area contributed by atoms with Gasteiger partial charge in [-0.15, -0.1) is 0 Å². The van der Waals surface area contributed by atoms with Gasteiger partial charge in [-0.1, -0.05) is 36.4 Å². The Labute approximate surface area is 103 Å². The van der Waals surface area contributed by atoms with Crippen LogP contribution in [0.4, 0.5) is 13.2 Å². The molecule has 98 valence electrons. The van der Waals surface area contributed by atoms with Crippen molar-refractivity contribution in [3.05, 3.63) is 47.5 Å². The van der Waals surface area contributed by atoms with Crippen LogP contribution in [0.15, 0.2) is 36.4 Å². The number of esters is 1. The lowest BCUT2D eigenvalue weighted by atomic mass is 9.91. The zero-order chi connectivity index (χ0) is 13.9. The van der Waals surface area contributed by atoms with Gasteiger partial charge in [0.25, 0.3) is 0 Å². The predicted molar refractivity (Wildman–Crippen MR) is 61.1 cm³/mol. The third-order valence-corrected chi connectivity index (χ3v) is 2.53. The fourth-order valence-electron chi connectivity index (χ4n) is 1.60. The second-order valence-corrected chi connectivity index (χ2v) is 3.90. The number of methoxy groups -OCH3 is 1. The quantitative estimate of drug-likeness (QED) is 0.613. The van der Waals surface area contributed by atoms with Crippen LogP contribution in [-0.2, 0) is 9.53 Å². The minimum Gasteiger partial charge on any atom is -0.466 e. The minimum absolute atomic E-state index is 0.0245. The maximum atomic E-state index is 13.0. The molecule has 0 aliphatic carbocycles. The Morgan fingerprint density at radius 3 is 2.17 bits per heavy atom. The van der Waals surface area contributed by atoms with E-state index < -0.39 is 23.6 Å². The van der Waals surface area contributed by atoms with Gasteiger partial charge in [0, 0.05) is 5.57 Å². The summed E-state index contributed by atoms with van der Waals surface area (Å²) in [4.78, 5) is 11.2. The van der Waals surface area contributed by atoms with Crippen molar-refractivity contribution in [1.82, 2.24) is 0 Å². The molecule has 0 aliphatic heterocycles. The van der Waals surface area contributed by atoms with Gasteiger partial charge in [-0.05, 0) is 12.5 Å². The molecule has 1 rings (SSSR count). The Balaban J connectivity index is 3.18. The van der Waals surface area contributed by atoms with Crippen molar-refractivity contribution >= 4 is 5.97 Å². The van der Waals surface area contributed by atoms with E-state index in [0.717, 1.165) is 12.7 Å². The van der Waals surface area contributed by atoms with Crippen LogP contribution in [-0.4, -0.2) is 19.3 Å². The van der Waals surface area contributed by atoms with Crippen molar-refractivity contribution in [3.8, 4) is 0 Å². The molecule has 1 atom stereocenters. The number of halogens is 3. The Hall–Kier alpha value is -1.78. The fourth-order valence-corrected chi connectivity index (χ4v) is 1.60. The van der Waals surface area contributed by atoms with Gasteiger partial charge in [-0.3, -0.25) is 0 Å². The SMILES string of the molecule is C=C(C(=O)OC)C(c1ccc(C)cc1)C(F)(F)F. The highest BCUT2D eigenvalue weighted by Crippen LogP contribution is 2.40. The van der Waals surface area contributed by atoms with Crippen molar-refractivity contribution < 1.29 is 22.7 Å². The highest BCUT2D eigenvalue weighted by molar-refractivity contribution is 5.89. The lowest BCUT2D eigenvalue weighted by Gasteiger charge is -2.21. The monoisotopic (exact) mass is 258 g/mol. The van der Waals surface area contributed by atoms with E-state index in [-0.39, 0.29) is 5.56 Å². The van der Waals surface area contributed by atoms with Crippen molar-refractivity contribution in [3.63, 3.8) is 0 Å². The van der Waals surface area contributed by atoms with Crippen LogP contribution < -0.4 is 0 Å². The zero-order valence-electron chi connectivity index (χ0n) is 10.0. The molecule has 0 saturated carbocycles. The topological polar surface area (TPSA) is 26.3 Å². The van der Waals surface area contributed by atoms with E-state index in [2.05, 4.69) is 11.3 Å². The van der Waals surface area contributed by atoms with Gasteiger partial charge in [-0.2, -0.15) is 13.2 Å². The van der Waals surface area contributed by atoms with Crippen LogP contribution in [0, 0.1) is 6.92 Å². The normalized spacial score (nSPS) is 12.9. The molecule has 0 heterocycles. The molecule has 0 aliphatic rings. The summed E-state index contributed by atoms with van der Waals surface area (Å²) in [5.74, 6) is -3.09. The number of hydrogen-bond acceptors (Lipinski definition) is 2. The van der Waals surface area contributed by atoms with E-state index in [4.69, 9.17) is 0 Å². The van der Waals surface area contributed by atoms with Crippen LogP contribution >= 0.6 is 0 Å². The number of hydrogen-bond donors (Lipinski definition) is 0. The molecule has 1 aromatic carbocycles. The number of ether oxygens (including phenoxy) is 1. The summed E-state index contributed by atoms with van der Waals surface area (Å²) in [7, 11) is 1.02. The number of rotatable bonds is 3. The molecule has 0 radical (unpaired) electrons. The van der Waals surface area contributed by atoms with Crippen LogP contribution in [0.25, 0.3) is 0 Å². The molecular weight excluding hydrogens is 245 g/mol. The Morgan fingerprint density at radius 2 is 1.78 bits per heavy atom. The lowest BCUT2D eigenvalue weighted by molar-refractivity contribution is -0.153. The smallest absolute Gasteiger partial charge is 0.399 e. The second-order valence-electron chi connectivity index (χ2n) is 3.90. The highest BCUT2D eigenvalue weighted by Gasteiger charge is 2.44. The second kappa shape index (κ2) is 5.25. The molecule has 1 aromatic rings. The fraction of sp³-hybridized carbons (Fsp3) is 0.308. The van der Waals surface area contributed by atoms with Crippen molar-refractivity contribution in [2.24, 2.45) is 0 Å². The minimum atomic E-state index is -4.58. The summed E-state index contributed by atoms with van der Waals surface area (Å²) < 4.78 is 43.2. The maximum absolute atomic E-state index is 13.0. The molecule has 18 heavy (non-hydrogen) atoms. The molecule has 0 spiro atoms. The summed E-state index contributed by atoms with van der Waals surface area (Å²) in [6.07, 6.45) is -4.58. The first-order chi connectivity index (χ1) is 8.27. The van der Waals surface area contributed by atoms with E-state index >= 15 is 0 Å². The molecule has 1 unspecified atom stereocenters. The molecular formula is C13H13F3O2. The highest BCUT2D eigenvalue weighted by atomic mass is 19.4. The number of aryl methyl sites for hydroxylation is 1. The van der Waals surface area contributed by atoms with Gasteiger partial charge in [0.05, 0.1) is 7.11 Å². The van der Waals surface area contributed by atoms with Crippen LogP contribution in [0.1, 0.15) is 17.0 Å². The van der Waals surface area contributed by atoms with Crippen LogP contribution in [0.2, 0.25) is 0 Å². The van der Waals surface area contributed by atoms with E-state index in [1.165, 1.54) is 12.1 Å². The van der Waals surface area contributed by atoms with Gasteiger partial charge in [-0.25, -0.2) is 4.79 Å². The van der Waals surface area contributed by atoms with Crippen LogP contribution in [0.5, 0.6) is 0 Å². The van der Waals surface area contributed by atoms with E-state index in [0.29, 0.717) is 0 Å². The first-order valence-electron chi connectivity index (χ1n) is 5.17. The molecule has 2 nitrogen and oxygen atoms in total. The van der Waals surface area contributed by atoms with Crippen molar-refractivity contribution in [2.45, 2.75) is 19.0 Å². The first-order valence-corrected chi connectivity index (χ1v) is 5.17. The molecule has 0 aromatic heterocycles. The van der Waals surface area contributed by atoms with Gasteiger partial charge in [0.2, 0.25) is 0 Å². The van der Waals surface area contributed by atoms with Crippen molar-refractivity contribution in [1.29, 1.82) is 0 Å². The molecule has 5 heteroatoms. The van der Waals surface area contributed by atoms with Gasteiger partial charge in [0.15, 0.2) is 0 Å². The lowest BCUT2D eigenvalue weighted by Crippen LogP contribution is -2.26. The van der Waals surface area contributed by atoms with Gasteiger partial charge >= 0.3 is 12.1 Å². The number of benzene rings is 1. The molecule has 0 saturated heterocycles. The number of carbonyl (C=O) groups excluding carboxylic acids is 1. The van der Waals surface area contributed by atoms with E-state index in [9.17, 15) is 18.0 Å². The molecule has 0 amide bonds. The zero-order valence-corrected chi connectivity index (χ0v) is 10.0. The van der Waals surface area contributed by atoms with E-state index in [1.54, 1.807) is 19.1 Å². The molecule has 0 N–H and O–H groups in total. The average Bonchev–Trinajstić information content (AvgIpc) is 2.29. The summed E-state index contributed by atoms with van der Waals surface area (Å²) in [5.41, 5.74) is 0.195. The predicted octanol–water partition coefficient (Wildman–Crippen LogP) is 3.37. The van der Waals surface area contributed by atoms with E-state index in [1.807, 2.05) is 0 Å². The molecule has 0 bridgehead atoms. The largest absolute Gasteiger partial charge is 0.466 e. The Bertz CT molecular complexity index is 446. The standard InChI is InChI=1S/C13H13F3O2/c1-8-4-6-10(7-5-8)11(13(14,15)16)9(2)12(17)18-3/h4-7,11H,2H2,1,3H3. The van der Waals surface area contributed by atoms with Gasteiger partial charge in [0.1, 0.15) is 5.92 Å².